The van der Waals surface area contributed by atoms with Crippen molar-refractivity contribution in [2.24, 2.45) is 0 Å². The fraction of sp³-hybridized carbons (Fsp3) is 0.333. The van der Waals surface area contributed by atoms with Crippen LogP contribution in [0.1, 0.15) is 5.56 Å². The zero-order chi connectivity index (χ0) is 15.6. The van der Waals surface area contributed by atoms with Crippen LogP contribution >= 0.6 is 22.3 Å². The second kappa shape index (κ2) is 6.31. The zero-order valence-electron chi connectivity index (χ0n) is 11.4. The second-order valence-electron chi connectivity index (χ2n) is 4.37. The third-order valence-corrected chi connectivity index (χ3v) is 4.28. The summed E-state index contributed by atoms with van der Waals surface area (Å²) in [4.78, 5) is 0. The van der Waals surface area contributed by atoms with E-state index in [1.807, 2.05) is 13.0 Å². The van der Waals surface area contributed by atoms with Crippen LogP contribution in [-0.2, 0) is 20.3 Å². The maximum Gasteiger partial charge on any atom is 0.296 e. The molecule has 0 aliphatic heterocycles. The second-order valence-corrected chi connectivity index (χ2v) is 7.24. The summed E-state index contributed by atoms with van der Waals surface area (Å²) >= 11 is 6.20. The Morgan fingerprint density at radius 2 is 2.05 bits per heavy atom. The molecular formula is C12H13Cl2N3O3S. The summed E-state index contributed by atoms with van der Waals surface area (Å²) in [6, 6.07) is 5.38. The summed E-state index contributed by atoms with van der Waals surface area (Å²) in [5.41, 5.74) is 1.56. The molecule has 1 aromatic heterocycles. The molecule has 0 fully saturated rings. The van der Waals surface area contributed by atoms with Gasteiger partial charge < -0.3 is 4.74 Å². The minimum Gasteiger partial charge on any atom is -0.383 e. The van der Waals surface area contributed by atoms with Gasteiger partial charge in [0.15, 0.2) is 5.82 Å². The van der Waals surface area contributed by atoms with Crippen LogP contribution in [0, 0.1) is 6.92 Å². The number of hydrogen-bond donors (Lipinski definition) is 0. The summed E-state index contributed by atoms with van der Waals surface area (Å²) in [6.07, 6.45) is 0. The molecule has 0 bridgehead atoms. The van der Waals surface area contributed by atoms with E-state index in [1.54, 1.807) is 12.1 Å². The fourth-order valence-electron chi connectivity index (χ4n) is 1.85. The van der Waals surface area contributed by atoms with Crippen LogP contribution in [0.15, 0.2) is 23.4 Å². The Morgan fingerprint density at radius 3 is 2.62 bits per heavy atom. The summed E-state index contributed by atoms with van der Waals surface area (Å²) < 4.78 is 29.5. The molecule has 0 saturated carbocycles. The first kappa shape index (κ1) is 16.2. The normalized spacial score (nSPS) is 11.8. The molecule has 0 radical (unpaired) electrons. The van der Waals surface area contributed by atoms with Gasteiger partial charge in [0, 0.05) is 23.4 Å². The van der Waals surface area contributed by atoms with E-state index in [9.17, 15) is 8.42 Å². The van der Waals surface area contributed by atoms with Crippen molar-refractivity contribution in [3.05, 3.63) is 28.8 Å². The average molecular weight is 350 g/mol. The molecule has 0 unspecified atom stereocenters. The van der Waals surface area contributed by atoms with Crippen molar-refractivity contribution < 1.29 is 13.2 Å². The van der Waals surface area contributed by atoms with E-state index in [1.165, 1.54) is 11.7 Å². The minimum atomic E-state index is -4.01. The lowest BCUT2D eigenvalue weighted by molar-refractivity contribution is 0.185. The lowest BCUT2D eigenvalue weighted by Crippen LogP contribution is -2.11. The van der Waals surface area contributed by atoms with Gasteiger partial charge in [-0.2, -0.15) is 0 Å². The molecule has 0 N–H and O–H groups in total. The van der Waals surface area contributed by atoms with E-state index in [0.29, 0.717) is 16.4 Å². The van der Waals surface area contributed by atoms with Gasteiger partial charge in [0.05, 0.1) is 18.2 Å². The third kappa shape index (κ3) is 3.55. The Bertz CT molecular complexity index is 759. The summed E-state index contributed by atoms with van der Waals surface area (Å²) in [5, 5.41) is 7.70. The minimum absolute atomic E-state index is 0.240. The predicted molar refractivity (Wildman–Crippen MR) is 80.1 cm³/mol. The highest BCUT2D eigenvalue weighted by Crippen LogP contribution is 2.29. The lowest BCUT2D eigenvalue weighted by atomic mass is 10.1. The highest BCUT2D eigenvalue weighted by atomic mass is 35.7. The van der Waals surface area contributed by atoms with Crippen molar-refractivity contribution in [1.82, 2.24) is 14.8 Å². The molecule has 0 aliphatic rings. The number of aryl methyl sites for hydroxylation is 1. The molecule has 0 atom stereocenters. The molecule has 6 nitrogen and oxygen atoms in total. The van der Waals surface area contributed by atoms with E-state index in [4.69, 9.17) is 27.0 Å². The Kier molecular flexibility index (Phi) is 4.88. The Balaban J connectivity index is 2.60. The van der Waals surface area contributed by atoms with Gasteiger partial charge in [-0.15, -0.1) is 10.2 Å². The van der Waals surface area contributed by atoms with E-state index in [0.717, 1.165) is 5.56 Å². The molecule has 0 saturated heterocycles. The van der Waals surface area contributed by atoms with E-state index < -0.39 is 9.05 Å². The first-order valence-corrected chi connectivity index (χ1v) is 8.66. The number of ether oxygens (including phenoxy) is 1. The van der Waals surface area contributed by atoms with Gasteiger partial charge in [-0.05, 0) is 24.6 Å². The Hall–Kier alpha value is -1.15. The quantitative estimate of drug-likeness (QED) is 0.775. The molecule has 21 heavy (non-hydrogen) atoms. The number of halogens is 2. The smallest absolute Gasteiger partial charge is 0.296 e. The number of rotatable bonds is 5. The maximum atomic E-state index is 11.6. The van der Waals surface area contributed by atoms with Crippen molar-refractivity contribution >= 4 is 31.3 Å². The molecule has 1 aromatic carbocycles. The highest BCUT2D eigenvalue weighted by Gasteiger charge is 2.24. The molecule has 0 amide bonds. The third-order valence-electron chi connectivity index (χ3n) is 2.82. The van der Waals surface area contributed by atoms with Gasteiger partial charge in [0.1, 0.15) is 0 Å². The molecule has 114 valence electrons. The van der Waals surface area contributed by atoms with Crippen LogP contribution < -0.4 is 0 Å². The van der Waals surface area contributed by atoms with Gasteiger partial charge in [-0.3, -0.25) is 4.57 Å². The summed E-state index contributed by atoms with van der Waals surface area (Å²) in [6.45, 7) is 2.43. The Morgan fingerprint density at radius 1 is 1.33 bits per heavy atom. The van der Waals surface area contributed by atoms with E-state index in [2.05, 4.69) is 10.2 Å². The number of benzene rings is 1. The number of nitrogens with zero attached hydrogens (tertiary/aromatic N) is 3. The molecule has 0 aliphatic carbocycles. The topological polar surface area (TPSA) is 74.1 Å². The fourth-order valence-corrected chi connectivity index (χ4v) is 3.10. The largest absolute Gasteiger partial charge is 0.383 e. The van der Waals surface area contributed by atoms with Crippen molar-refractivity contribution in [2.45, 2.75) is 18.6 Å². The van der Waals surface area contributed by atoms with Gasteiger partial charge in [0.2, 0.25) is 0 Å². The molecular weight excluding hydrogens is 337 g/mol. The summed E-state index contributed by atoms with van der Waals surface area (Å²) in [5.74, 6) is 0.330. The van der Waals surface area contributed by atoms with Gasteiger partial charge >= 0.3 is 0 Å². The monoisotopic (exact) mass is 349 g/mol. The van der Waals surface area contributed by atoms with Crippen molar-refractivity contribution in [1.29, 1.82) is 0 Å². The van der Waals surface area contributed by atoms with Crippen LogP contribution in [0.2, 0.25) is 5.02 Å². The van der Waals surface area contributed by atoms with Crippen molar-refractivity contribution in [3.8, 4) is 11.4 Å². The van der Waals surface area contributed by atoms with Gasteiger partial charge in [-0.25, -0.2) is 8.42 Å². The highest BCUT2D eigenvalue weighted by molar-refractivity contribution is 8.13. The number of methoxy groups -OCH3 is 1. The zero-order valence-corrected chi connectivity index (χ0v) is 13.7. The van der Waals surface area contributed by atoms with Gasteiger partial charge in [-0.1, -0.05) is 17.7 Å². The number of aromatic nitrogens is 3. The van der Waals surface area contributed by atoms with Crippen molar-refractivity contribution in [3.63, 3.8) is 0 Å². The average Bonchev–Trinajstić information content (AvgIpc) is 2.79. The lowest BCUT2D eigenvalue weighted by Gasteiger charge is -2.09. The first-order chi connectivity index (χ1) is 9.84. The van der Waals surface area contributed by atoms with Crippen LogP contribution in [0.25, 0.3) is 11.4 Å². The summed E-state index contributed by atoms with van der Waals surface area (Å²) in [7, 11) is 2.89. The molecule has 1 heterocycles. The molecule has 2 aromatic rings. The van der Waals surface area contributed by atoms with Crippen LogP contribution in [0.3, 0.4) is 0 Å². The molecule has 0 spiro atoms. The first-order valence-electron chi connectivity index (χ1n) is 5.98. The SMILES string of the molecule is COCCn1c(-c2ccc(C)cc2Cl)nnc1S(=O)(=O)Cl. The van der Waals surface area contributed by atoms with Crippen LogP contribution in [-0.4, -0.2) is 36.9 Å². The predicted octanol–water partition coefficient (Wildman–Crippen LogP) is 2.48. The van der Waals surface area contributed by atoms with Crippen molar-refractivity contribution in [2.75, 3.05) is 13.7 Å². The van der Waals surface area contributed by atoms with E-state index in [-0.39, 0.29) is 18.3 Å². The Labute approximate surface area is 132 Å². The van der Waals surface area contributed by atoms with Gasteiger partial charge in [0.25, 0.3) is 14.2 Å². The molecule has 9 heteroatoms. The maximum absolute atomic E-state index is 11.6. The standard InChI is InChI=1S/C12H13Cl2N3O3S/c1-8-3-4-9(10(13)7-8)11-15-16-12(21(14,18)19)17(11)5-6-20-2/h3-4,7H,5-6H2,1-2H3. The van der Waals surface area contributed by atoms with Crippen LogP contribution in [0.4, 0.5) is 0 Å². The number of hydrogen-bond acceptors (Lipinski definition) is 5. The molecule has 2 rings (SSSR count). The van der Waals surface area contributed by atoms with Crippen LogP contribution in [0.5, 0.6) is 0 Å². The van der Waals surface area contributed by atoms with E-state index >= 15 is 0 Å².